The van der Waals surface area contributed by atoms with Crippen LogP contribution in [0.3, 0.4) is 0 Å². The van der Waals surface area contributed by atoms with E-state index in [2.05, 4.69) is 5.10 Å². The van der Waals surface area contributed by atoms with E-state index in [-0.39, 0.29) is 11.3 Å². The summed E-state index contributed by atoms with van der Waals surface area (Å²) in [5, 5.41) is 15.0. The zero-order valence-corrected chi connectivity index (χ0v) is 12.7. The molecule has 1 heterocycles. The number of nitrogens with zero attached hydrogens (tertiary/aromatic N) is 2. The van der Waals surface area contributed by atoms with E-state index in [0.29, 0.717) is 10.6 Å². The third-order valence-corrected chi connectivity index (χ3v) is 3.41. The van der Waals surface area contributed by atoms with Crippen molar-refractivity contribution in [1.82, 2.24) is 15.1 Å². The van der Waals surface area contributed by atoms with E-state index >= 15 is 0 Å². The van der Waals surface area contributed by atoms with Crippen LogP contribution in [0.15, 0.2) is 30.5 Å². The summed E-state index contributed by atoms with van der Waals surface area (Å²) >= 11 is 6.05. The highest BCUT2D eigenvalue weighted by Gasteiger charge is 2.40. The number of hydrogen-bond acceptors (Lipinski definition) is 3. The van der Waals surface area contributed by atoms with Gasteiger partial charge in [-0.1, -0.05) is 29.8 Å². The van der Waals surface area contributed by atoms with Gasteiger partial charge in [0.25, 0.3) is 5.91 Å². The Hall–Kier alpha value is -2.06. The molecule has 0 saturated carbocycles. The molecule has 2 rings (SSSR count). The highest BCUT2D eigenvalue weighted by atomic mass is 35.5. The van der Waals surface area contributed by atoms with Crippen molar-refractivity contribution < 1.29 is 23.1 Å². The number of rotatable bonds is 4. The van der Waals surface area contributed by atoms with Gasteiger partial charge in [-0.15, -0.1) is 0 Å². The van der Waals surface area contributed by atoms with Gasteiger partial charge in [0, 0.05) is 18.8 Å². The van der Waals surface area contributed by atoms with E-state index in [0.717, 1.165) is 0 Å². The second kappa shape index (κ2) is 6.59. The number of alkyl halides is 3. The van der Waals surface area contributed by atoms with Gasteiger partial charge in [-0.05, 0) is 6.07 Å². The zero-order chi connectivity index (χ0) is 17.2. The van der Waals surface area contributed by atoms with Crippen molar-refractivity contribution in [3.63, 3.8) is 0 Å². The van der Waals surface area contributed by atoms with Gasteiger partial charge in [-0.25, -0.2) is 0 Å². The molecule has 0 bridgehead atoms. The smallest absolute Gasteiger partial charge is 0.394 e. The van der Waals surface area contributed by atoms with Gasteiger partial charge < -0.3 is 10.4 Å². The first kappa shape index (κ1) is 17.3. The summed E-state index contributed by atoms with van der Waals surface area (Å²) in [6, 6.07) is 4.19. The number of benzene rings is 1. The average Bonchev–Trinajstić information content (AvgIpc) is 2.85. The summed E-state index contributed by atoms with van der Waals surface area (Å²) in [5.74, 6) is -0.996. The number of aryl methyl sites for hydroxylation is 1. The summed E-state index contributed by atoms with van der Waals surface area (Å²) in [4.78, 5) is 12.2. The van der Waals surface area contributed by atoms with Crippen molar-refractivity contribution in [2.45, 2.75) is 12.2 Å². The molecule has 0 aliphatic carbocycles. The van der Waals surface area contributed by atoms with Crippen LogP contribution in [0.5, 0.6) is 0 Å². The van der Waals surface area contributed by atoms with Crippen LogP contribution in [0.2, 0.25) is 5.02 Å². The number of nitrogens with one attached hydrogen (secondary N) is 1. The maximum Gasteiger partial charge on any atom is 0.410 e. The number of halogens is 4. The average molecular weight is 348 g/mol. The molecule has 124 valence electrons. The van der Waals surface area contributed by atoms with Crippen molar-refractivity contribution in [2.75, 3.05) is 6.61 Å². The van der Waals surface area contributed by atoms with Crippen LogP contribution in [0.1, 0.15) is 10.4 Å². The minimum absolute atomic E-state index is 0.0664. The predicted molar refractivity (Wildman–Crippen MR) is 78.0 cm³/mol. The lowest BCUT2D eigenvalue weighted by Gasteiger charge is -2.19. The summed E-state index contributed by atoms with van der Waals surface area (Å²) in [6.45, 7) is -1.25. The van der Waals surface area contributed by atoms with Gasteiger partial charge in [-0.3, -0.25) is 9.48 Å². The quantitative estimate of drug-likeness (QED) is 0.892. The summed E-state index contributed by atoms with van der Waals surface area (Å²) in [6.07, 6.45) is -3.46. The molecule has 1 aromatic carbocycles. The monoisotopic (exact) mass is 347 g/mol. The molecule has 0 aliphatic rings. The number of aliphatic hydroxyl groups is 1. The molecule has 0 saturated heterocycles. The Balaban J connectivity index is 2.38. The minimum Gasteiger partial charge on any atom is -0.394 e. The molecule has 0 aliphatic heterocycles. The van der Waals surface area contributed by atoms with Gasteiger partial charge in [0.15, 0.2) is 0 Å². The molecule has 0 fully saturated rings. The molecule has 23 heavy (non-hydrogen) atoms. The largest absolute Gasteiger partial charge is 0.410 e. The molecule has 0 radical (unpaired) electrons. The Morgan fingerprint density at radius 1 is 1.43 bits per heavy atom. The standard InChI is InChI=1S/C14H13ClF3N3O2/c1-21-6-9(13(23)19-11(7-22)14(16,17)18)12(20-21)8-4-2-3-5-10(8)15/h2-6,11,22H,7H2,1H3,(H,19,23). The second-order valence-electron chi connectivity index (χ2n) is 4.80. The van der Waals surface area contributed by atoms with Crippen LogP contribution < -0.4 is 5.32 Å². The van der Waals surface area contributed by atoms with Crippen LogP contribution in [-0.2, 0) is 7.05 Å². The molecule has 1 unspecified atom stereocenters. The molecular formula is C14H13ClF3N3O2. The van der Waals surface area contributed by atoms with Crippen LogP contribution >= 0.6 is 11.6 Å². The first-order valence-electron chi connectivity index (χ1n) is 6.51. The molecule has 2 aromatic rings. The van der Waals surface area contributed by atoms with Crippen molar-refractivity contribution >= 4 is 17.5 Å². The highest BCUT2D eigenvalue weighted by molar-refractivity contribution is 6.33. The summed E-state index contributed by atoms with van der Waals surface area (Å²) < 4.78 is 39.3. The van der Waals surface area contributed by atoms with Gasteiger partial charge in [0.2, 0.25) is 0 Å². The first-order valence-corrected chi connectivity index (χ1v) is 6.88. The molecule has 1 aromatic heterocycles. The Kier molecular flexibility index (Phi) is 4.96. The maximum absolute atomic E-state index is 12.7. The minimum atomic E-state index is -4.75. The Morgan fingerprint density at radius 3 is 2.65 bits per heavy atom. The summed E-state index contributed by atoms with van der Waals surface area (Å²) in [5.41, 5.74) is 0.519. The molecule has 1 atom stereocenters. The molecule has 2 N–H and O–H groups in total. The third-order valence-electron chi connectivity index (χ3n) is 3.09. The Labute approximate surface area is 134 Å². The fourth-order valence-corrected chi connectivity index (χ4v) is 2.20. The number of carbonyl (C=O) groups is 1. The van der Waals surface area contributed by atoms with E-state index in [1.54, 1.807) is 29.6 Å². The first-order chi connectivity index (χ1) is 10.7. The highest BCUT2D eigenvalue weighted by Crippen LogP contribution is 2.29. The molecule has 5 nitrogen and oxygen atoms in total. The van der Waals surface area contributed by atoms with Gasteiger partial charge in [0.05, 0.1) is 17.2 Å². The second-order valence-corrected chi connectivity index (χ2v) is 5.20. The normalized spacial score (nSPS) is 13.0. The van der Waals surface area contributed by atoms with Crippen molar-refractivity contribution in [3.8, 4) is 11.3 Å². The fourth-order valence-electron chi connectivity index (χ4n) is 1.97. The van der Waals surface area contributed by atoms with Crippen LogP contribution in [0.4, 0.5) is 13.2 Å². The zero-order valence-electron chi connectivity index (χ0n) is 11.9. The Bertz CT molecular complexity index is 716. The van der Waals surface area contributed by atoms with E-state index in [4.69, 9.17) is 16.7 Å². The molecule has 9 heteroatoms. The van der Waals surface area contributed by atoms with Crippen LogP contribution in [0, 0.1) is 0 Å². The maximum atomic E-state index is 12.7. The van der Waals surface area contributed by atoms with E-state index in [1.807, 2.05) is 0 Å². The van der Waals surface area contributed by atoms with Crippen molar-refractivity contribution in [2.24, 2.45) is 7.05 Å². The van der Waals surface area contributed by atoms with Crippen LogP contribution in [-0.4, -0.2) is 39.6 Å². The third kappa shape index (κ3) is 3.83. The molecule has 0 spiro atoms. The molecular weight excluding hydrogens is 335 g/mol. The number of hydrogen-bond donors (Lipinski definition) is 2. The molecule has 1 amide bonds. The SMILES string of the molecule is Cn1cc(C(=O)NC(CO)C(F)(F)F)c(-c2ccccc2Cl)n1. The lowest BCUT2D eigenvalue weighted by molar-refractivity contribution is -0.161. The van der Waals surface area contributed by atoms with E-state index in [1.165, 1.54) is 17.9 Å². The number of aliphatic hydroxyl groups excluding tert-OH is 1. The van der Waals surface area contributed by atoms with Gasteiger partial charge >= 0.3 is 6.18 Å². The topological polar surface area (TPSA) is 67.2 Å². The number of amides is 1. The number of aromatic nitrogens is 2. The van der Waals surface area contributed by atoms with Gasteiger partial charge in [0.1, 0.15) is 11.7 Å². The predicted octanol–water partition coefficient (Wildman–Crippen LogP) is 2.39. The van der Waals surface area contributed by atoms with E-state index < -0.39 is 24.7 Å². The number of carbonyl (C=O) groups excluding carboxylic acids is 1. The van der Waals surface area contributed by atoms with Crippen molar-refractivity contribution in [1.29, 1.82) is 0 Å². The van der Waals surface area contributed by atoms with Crippen molar-refractivity contribution in [3.05, 3.63) is 41.0 Å². The van der Waals surface area contributed by atoms with Crippen LogP contribution in [0.25, 0.3) is 11.3 Å². The summed E-state index contributed by atoms with van der Waals surface area (Å²) in [7, 11) is 1.53. The fraction of sp³-hybridized carbons (Fsp3) is 0.286. The van der Waals surface area contributed by atoms with E-state index in [9.17, 15) is 18.0 Å². The Morgan fingerprint density at radius 2 is 2.09 bits per heavy atom. The lowest BCUT2D eigenvalue weighted by Crippen LogP contribution is -2.47. The van der Waals surface area contributed by atoms with Gasteiger partial charge in [-0.2, -0.15) is 18.3 Å². The lowest BCUT2D eigenvalue weighted by atomic mass is 10.1.